The van der Waals surface area contributed by atoms with E-state index in [2.05, 4.69) is 0 Å². The first-order valence-corrected chi connectivity index (χ1v) is 5.66. The van der Waals surface area contributed by atoms with Crippen molar-refractivity contribution in [3.05, 3.63) is 64.7 Å². The molecule has 0 heterocycles. The first kappa shape index (κ1) is 11.7. The predicted octanol–water partition coefficient (Wildman–Crippen LogP) is 3.35. The fourth-order valence-electron chi connectivity index (χ4n) is 1.63. The summed E-state index contributed by atoms with van der Waals surface area (Å²) in [5.74, 6) is 0.0623. The first-order valence-electron chi connectivity index (χ1n) is 5.28. The minimum Gasteiger partial charge on any atom is -0.399 e. The van der Waals surface area contributed by atoms with Gasteiger partial charge in [0.25, 0.3) is 0 Å². The van der Waals surface area contributed by atoms with Gasteiger partial charge in [0.15, 0.2) is 5.78 Å². The van der Waals surface area contributed by atoms with Crippen LogP contribution in [-0.4, -0.2) is 5.78 Å². The summed E-state index contributed by atoms with van der Waals surface area (Å²) >= 11 is 5.77. The Morgan fingerprint density at radius 3 is 2.47 bits per heavy atom. The van der Waals surface area contributed by atoms with Crippen LogP contribution in [0.2, 0.25) is 5.02 Å². The number of halogens is 1. The molecular formula is C14H12ClNO. The lowest BCUT2D eigenvalue weighted by Crippen LogP contribution is -2.03. The van der Waals surface area contributed by atoms with Crippen molar-refractivity contribution in [2.75, 3.05) is 5.73 Å². The van der Waals surface area contributed by atoms with E-state index >= 15 is 0 Å². The van der Waals surface area contributed by atoms with E-state index in [0.717, 1.165) is 5.56 Å². The second kappa shape index (κ2) is 5.02. The minimum atomic E-state index is 0.0623. The fraction of sp³-hybridized carbons (Fsp3) is 0.0714. The van der Waals surface area contributed by atoms with Crippen molar-refractivity contribution in [2.45, 2.75) is 6.42 Å². The zero-order valence-electron chi connectivity index (χ0n) is 9.19. The summed E-state index contributed by atoms with van der Waals surface area (Å²) < 4.78 is 0. The Bertz CT molecular complexity index is 534. The van der Waals surface area contributed by atoms with Crippen LogP contribution in [0.3, 0.4) is 0 Å². The van der Waals surface area contributed by atoms with E-state index in [9.17, 15) is 4.79 Å². The Morgan fingerprint density at radius 2 is 1.82 bits per heavy atom. The van der Waals surface area contributed by atoms with Crippen LogP contribution in [0.4, 0.5) is 5.69 Å². The van der Waals surface area contributed by atoms with Crippen molar-refractivity contribution >= 4 is 23.1 Å². The van der Waals surface area contributed by atoms with Crippen molar-refractivity contribution < 1.29 is 4.79 Å². The predicted molar refractivity (Wildman–Crippen MR) is 70.3 cm³/mol. The monoisotopic (exact) mass is 245 g/mol. The van der Waals surface area contributed by atoms with Gasteiger partial charge in [0.2, 0.25) is 0 Å². The number of carbonyl (C=O) groups is 1. The van der Waals surface area contributed by atoms with Gasteiger partial charge in [-0.25, -0.2) is 0 Å². The smallest absolute Gasteiger partial charge is 0.167 e. The van der Waals surface area contributed by atoms with E-state index < -0.39 is 0 Å². The number of benzene rings is 2. The van der Waals surface area contributed by atoms with E-state index in [-0.39, 0.29) is 5.78 Å². The lowest BCUT2D eigenvalue weighted by molar-refractivity contribution is 0.0993. The molecule has 0 bridgehead atoms. The maximum atomic E-state index is 12.0. The Morgan fingerprint density at radius 1 is 1.12 bits per heavy atom. The third-order valence-corrected chi connectivity index (χ3v) is 2.73. The first-order chi connectivity index (χ1) is 8.15. The third kappa shape index (κ3) is 3.08. The standard InChI is InChI=1S/C14H12ClNO/c15-12-6-4-11(5-7-12)14(17)9-10-2-1-3-13(16)8-10/h1-8H,9,16H2. The van der Waals surface area contributed by atoms with Crippen molar-refractivity contribution in [2.24, 2.45) is 0 Å². The Hall–Kier alpha value is -1.80. The summed E-state index contributed by atoms with van der Waals surface area (Å²) in [5, 5.41) is 0.630. The van der Waals surface area contributed by atoms with E-state index in [0.29, 0.717) is 22.7 Å². The normalized spacial score (nSPS) is 10.2. The Kier molecular flexibility index (Phi) is 3.45. The molecule has 0 aliphatic carbocycles. The summed E-state index contributed by atoms with van der Waals surface area (Å²) in [7, 11) is 0. The summed E-state index contributed by atoms with van der Waals surface area (Å²) in [6.45, 7) is 0. The lowest BCUT2D eigenvalue weighted by Gasteiger charge is -2.02. The summed E-state index contributed by atoms with van der Waals surface area (Å²) in [5.41, 5.74) is 7.92. The molecule has 86 valence electrons. The molecule has 2 aromatic rings. The summed E-state index contributed by atoms with van der Waals surface area (Å²) in [4.78, 5) is 12.0. The highest BCUT2D eigenvalue weighted by atomic mass is 35.5. The number of hydrogen-bond acceptors (Lipinski definition) is 2. The highest BCUT2D eigenvalue weighted by Gasteiger charge is 2.06. The molecule has 2 nitrogen and oxygen atoms in total. The largest absolute Gasteiger partial charge is 0.399 e. The lowest BCUT2D eigenvalue weighted by atomic mass is 10.0. The molecule has 0 unspecified atom stereocenters. The van der Waals surface area contributed by atoms with Gasteiger partial charge in [0.05, 0.1) is 0 Å². The van der Waals surface area contributed by atoms with Crippen LogP contribution < -0.4 is 5.73 Å². The van der Waals surface area contributed by atoms with Crippen LogP contribution in [0.5, 0.6) is 0 Å². The van der Waals surface area contributed by atoms with Gasteiger partial charge < -0.3 is 5.73 Å². The van der Waals surface area contributed by atoms with Crippen LogP contribution in [0, 0.1) is 0 Å². The van der Waals surface area contributed by atoms with Gasteiger partial charge >= 0.3 is 0 Å². The van der Waals surface area contributed by atoms with Crippen molar-refractivity contribution in [3.8, 4) is 0 Å². The van der Waals surface area contributed by atoms with Gasteiger partial charge in [-0.1, -0.05) is 23.7 Å². The maximum Gasteiger partial charge on any atom is 0.167 e. The van der Waals surface area contributed by atoms with Crippen molar-refractivity contribution in [1.82, 2.24) is 0 Å². The topological polar surface area (TPSA) is 43.1 Å². The Balaban J connectivity index is 2.14. The van der Waals surface area contributed by atoms with Gasteiger partial charge in [-0.3, -0.25) is 4.79 Å². The van der Waals surface area contributed by atoms with Crippen LogP contribution in [0.15, 0.2) is 48.5 Å². The number of hydrogen-bond donors (Lipinski definition) is 1. The molecule has 0 spiro atoms. The average molecular weight is 246 g/mol. The zero-order valence-corrected chi connectivity index (χ0v) is 9.95. The molecule has 0 aliphatic heterocycles. The number of Topliss-reactive ketones (excluding diaryl/α,β-unsaturated/α-hetero) is 1. The number of nitrogen functional groups attached to an aromatic ring is 1. The molecule has 0 saturated carbocycles. The maximum absolute atomic E-state index is 12.0. The van der Waals surface area contributed by atoms with Crippen LogP contribution >= 0.6 is 11.6 Å². The molecule has 2 N–H and O–H groups in total. The minimum absolute atomic E-state index is 0.0623. The van der Waals surface area contributed by atoms with E-state index in [1.54, 1.807) is 30.3 Å². The van der Waals surface area contributed by atoms with Gasteiger partial charge in [0, 0.05) is 22.7 Å². The number of carbonyl (C=O) groups excluding carboxylic acids is 1. The molecular weight excluding hydrogens is 234 g/mol. The van der Waals surface area contributed by atoms with Crippen LogP contribution in [-0.2, 0) is 6.42 Å². The molecule has 0 radical (unpaired) electrons. The van der Waals surface area contributed by atoms with E-state index in [1.807, 2.05) is 18.2 Å². The van der Waals surface area contributed by atoms with Crippen LogP contribution in [0.1, 0.15) is 15.9 Å². The molecule has 0 fully saturated rings. The molecule has 0 amide bonds. The molecule has 0 atom stereocenters. The molecule has 0 saturated heterocycles. The molecule has 0 aliphatic rings. The number of rotatable bonds is 3. The zero-order chi connectivity index (χ0) is 12.3. The van der Waals surface area contributed by atoms with Crippen molar-refractivity contribution in [1.29, 1.82) is 0 Å². The molecule has 17 heavy (non-hydrogen) atoms. The van der Waals surface area contributed by atoms with Crippen LogP contribution in [0.25, 0.3) is 0 Å². The van der Waals surface area contributed by atoms with Gasteiger partial charge in [-0.05, 0) is 42.0 Å². The molecule has 2 rings (SSSR count). The third-order valence-electron chi connectivity index (χ3n) is 2.48. The fourth-order valence-corrected chi connectivity index (χ4v) is 1.75. The number of anilines is 1. The molecule has 2 aromatic carbocycles. The van der Waals surface area contributed by atoms with Crippen molar-refractivity contribution in [3.63, 3.8) is 0 Å². The number of nitrogens with two attached hydrogens (primary N) is 1. The summed E-state index contributed by atoms with van der Waals surface area (Å²) in [6, 6.07) is 14.3. The molecule has 0 aromatic heterocycles. The van der Waals surface area contributed by atoms with Gasteiger partial charge in [-0.2, -0.15) is 0 Å². The molecule has 3 heteroatoms. The summed E-state index contributed by atoms with van der Waals surface area (Å²) in [6.07, 6.45) is 0.354. The second-order valence-electron chi connectivity index (χ2n) is 3.85. The van der Waals surface area contributed by atoms with Gasteiger partial charge in [0.1, 0.15) is 0 Å². The average Bonchev–Trinajstić information content (AvgIpc) is 2.29. The second-order valence-corrected chi connectivity index (χ2v) is 4.29. The highest BCUT2D eigenvalue weighted by molar-refractivity contribution is 6.30. The number of ketones is 1. The Labute approximate surface area is 105 Å². The van der Waals surface area contributed by atoms with E-state index in [4.69, 9.17) is 17.3 Å². The SMILES string of the molecule is Nc1cccc(CC(=O)c2ccc(Cl)cc2)c1. The van der Waals surface area contributed by atoms with E-state index in [1.165, 1.54) is 0 Å². The van der Waals surface area contributed by atoms with Gasteiger partial charge in [-0.15, -0.1) is 0 Å². The quantitative estimate of drug-likeness (QED) is 0.666. The highest BCUT2D eigenvalue weighted by Crippen LogP contribution is 2.13.